The van der Waals surface area contributed by atoms with Crippen LogP contribution in [-0.4, -0.2) is 17.3 Å². The molecule has 2 aromatic carbocycles. The van der Waals surface area contributed by atoms with E-state index < -0.39 is 0 Å². The molecule has 4 rings (SSSR count). The molecular weight excluding hydrogens is 272 g/mol. The fraction of sp³-hybridized carbons (Fsp3) is 0.263. The van der Waals surface area contributed by atoms with Gasteiger partial charge in [0, 0.05) is 24.1 Å². The quantitative estimate of drug-likeness (QED) is 0.676. The smallest absolute Gasteiger partial charge is 0.335 e. The van der Waals surface area contributed by atoms with Gasteiger partial charge in [0.2, 0.25) is 11.3 Å². The molecule has 1 aromatic heterocycles. The number of hydrogen-bond donors (Lipinski definition) is 0. The third-order valence-corrected chi connectivity index (χ3v) is 4.45. The van der Waals surface area contributed by atoms with Crippen LogP contribution in [-0.2, 0) is 19.4 Å². The summed E-state index contributed by atoms with van der Waals surface area (Å²) in [5.74, 6) is 0. The Morgan fingerprint density at radius 3 is 2.95 bits per heavy atom. The molecule has 0 fully saturated rings. The summed E-state index contributed by atoms with van der Waals surface area (Å²) in [6, 6.07) is 15.0. The molecule has 110 valence electrons. The zero-order valence-electron chi connectivity index (χ0n) is 12.8. The summed E-state index contributed by atoms with van der Waals surface area (Å²) in [7, 11) is 0. The topological polar surface area (TPSA) is 20.0 Å². The Morgan fingerprint density at radius 1 is 1.14 bits per heavy atom. The lowest BCUT2D eigenvalue weighted by Gasteiger charge is -2.02. The van der Waals surface area contributed by atoms with Gasteiger partial charge in [-0.1, -0.05) is 24.3 Å². The maximum Gasteiger partial charge on any atom is 0.335 e. The first kappa shape index (κ1) is 13.3. The standard InChI is InChI=1S/C19H20N2O/c1-2-20-12-10-16-8-7-15(13-18(16)20)9-11-21-14-22-19-6-4-3-5-17(19)21/h3-8,12-14H,2,9-11H2,1H3/q+2. The van der Waals surface area contributed by atoms with Crippen molar-refractivity contribution in [2.45, 2.75) is 26.3 Å². The van der Waals surface area contributed by atoms with Crippen molar-refractivity contribution >= 4 is 23.0 Å². The molecule has 3 nitrogen and oxygen atoms in total. The van der Waals surface area contributed by atoms with E-state index in [9.17, 15) is 0 Å². The van der Waals surface area contributed by atoms with E-state index in [0.29, 0.717) is 0 Å². The molecule has 0 bridgehead atoms. The van der Waals surface area contributed by atoms with Crippen LogP contribution < -0.4 is 4.57 Å². The normalized spacial score (nSPS) is 13.4. The second-order valence-electron chi connectivity index (χ2n) is 5.77. The Hall–Kier alpha value is -2.42. The minimum absolute atomic E-state index is 0.936. The predicted octanol–water partition coefficient (Wildman–Crippen LogP) is 3.25. The van der Waals surface area contributed by atoms with Crippen LogP contribution in [0.25, 0.3) is 11.1 Å². The molecule has 0 aliphatic carbocycles. The van der Waals surface area contributed by atoms with Gasteiger partial charge < -0.3 is 4.42 Å². The van der Waals surface area contributed by atoms with Gasteiger partial charge in [0.15, 0.2) is 6.54 Å². The van der Waals surface area contributed by atoms with Crippen molar-refractivity contribution in [2.75, 3.05) is 6.54 Å². The number of aryl methyl sites for hydroxylation is 2. The van der Waals surface area contributed by atoms with Crippen molar-refractivity contribution < 1.29 is 13.6 Å². The maximum atomic E-state index is 5.60. The van der Waals surface area contributed by atoms with Gasteiger partial charge in [-0.2, -0.15) is 4.57 Å². The zero-order chi connectivity index (χ0) is 14.9. The predicted molar refractivity (Wildman–Crippen MR) is 86.8 cm³/mol. The van der Waals surface area contributed by atoms with E-state index in [0.717, 1.165) is 37.0 Å². The molecule has 2 heterocycles. The van der Waals surface area contributed by atoms with Crippen molar-refractivity contribution in [3.8, 4) is 0 Å². The zero-order valence-corrected chi connectivity index (χ0v) is 12.8. The van der Waals surface area contributed by atoms with Crippen molar-refractivity contribution in [2.24, 2.45) is 0 Å². The Kier molecular flexibility index (Phi) is 3.26. The van der Waals surface area contributed by atoms with Crippen LogP contribution in [0.3, 0.4) is 0 Å². The van der Waals surface area contributed by atoms with Gasteiger partial charge >= 0.3 is 6.39 Å². The van der Waals surface area contributed by atoms with E-state index in [-0.39, 0.29) is 0 Å². The molecule has 0 amide bonds. The second kappa shape index (κ2) is 5.41. The summed E-state index contributed by atoms with van der Waals surface area (Å²) in [4.78, 5) is 0. The van der Waals surface area contributed by atoms with Gasteiger partial charge in [-0.25, -0.2) is 4.58 Å². The van der Waals surface area contributed by atoms with Crippen LogP contribution in [0, 0.1) is 0 Å². The van der Waals surface area contributed by atoms with Gasteiger partial charge in [0.25, 0.3) is 5.52 Å². The summed E-state index contributed by atoms with van der Waals surface area (Å²) in [5.41, 5.74) is 6.30. The number of para-hydroxylation sites is 2. The van der Waals surface area contributed by atoms with Crippen molar-refractivity contribution in [3.63, 3.8) is 0 Å². The van der Waals surface area contributed by atoms with E-state index in [1.807, 2.05) is 18.5 Å². The Bertz CT molecular complexity index is 861. The third kappa shape index (κ3) is 2.23. The summed E-state index contributed by atoms with van der Waals surface area (Å²) in [5, 5.41) is 0. The first-order valence-corrected chi connectivity index (χ1v) is 7.92. The second-order valence-corrected chi connectivity index (χ2v) is 5.77. The number of hydrogen-bond acceptors (Lipinski definition) is 1. The van der Waals surface area contributed by atoms with Gasteiger partial charge in [-0.05, 0) is 18.6 Å². The van der Waals surface area contributed by atoms with Gasteiger partial charge in [-0.15, -0.1) is 0 Å². The van der Waals surface area contributed by atoms with E-state index in [4.69, 9.17) is 4.42 Å². The third-order valence-electron chi connectivity index (χ3n) is 4.45. The average Bonchev–Trinajstić information content (AvgIpc) is 3.16. The SMILES string of the molecule is CC[N+]1=CCc2ccc(CC[n+]3coc4ccccc43)cc21. The van der Waals surface area contributed by atoms with E-state index in [2.05, 4.69) is 52.6 Å². The van der Waals surface area contributed by atoms with Crippen LogP contribution in [0.2, 0.25) is 0 Å². The van der Waals surface area contributed by atoms with E-state index in [1.54, 1.807) is 0 Å². The van der Waals surface area contributed by atoms with Gasteiger partial charge in [0.05, 0.1) is 6.42 Å². The minimum Gasteiger partial charge on any atom is -0.404 e. The number of benzene rings is 2. The fourth-order valence-corrected chi connectivity index (χ4v) is 3.21. The molecule has 0 N–H and O–H groups in total. The highest BCUT2D eigenvalue weighted by molar-refractivity contribution is 5.68. The fourth-order valence-electron chi connectivity index (χ4n) is 3.21. The van der Waals surface area contributed by atoms with Crippen molar-refractivity contribution in [1.82, 2.24) is 0 Å². The summed E-state index contributed by atoms with van der Waals surface area (Å²) in [6.07, 6.45) is 6.18. The molecule has 0 saturated carbocycles. The molecule has 0 spiro atoms. The molecule has 0 radical (unpaired) electrons. The molecule has 1 aliphatic rings. The lowest BCUT2D eigenvalue weighted by molar-refractivity contribution is -0.675. The Labute approximate surface area is 130 Å². The van der Waals surface area contributed by atoms with E-state index >= 15 is 0 Å². The molecule has 1 aliphatic heterocycles. The molecule has 22 heavy (non-hydrogen) atoms. The molecule has 3 aromatic rings. The van der Waals surface area contributed by atoms with Crippen LogP contribution in [0.4, 0.5) is 5.69 Å². The van der Waals surface area contributed by atoms with Crippen LogP contribution in [0.5, 0.6) is 0 Å². The lowest BCUT2D eigenvalue weighted by atomic mass is 10.1. The van der Waals surface area contributed by atoms with Crippen LogP contribution >= 0.6 is 0 Å². The first-order valence-electron chi connectivity index (χ1n) is 7.92. The number of aromatic nitrogens is 1. The molecule has 0 saturated heterocycles. The number of rotatable bonds is 4. The molecule has 0 unspecified atom stereocenters. The number of nitrogens with zero attached hydrogens (tertiary/aromatic N) is 2. The first-order chi connectivity index (χ1) is 10.8. The van der Waals surface area contributed by atoms with Crippen molar-refractivity contribution in [3.05, 3.63) is 60.0 Å². The molecule has 0 atom stereocenters. The highest BCUT2D eigenvalue weighted by atomic mass is 16.3. The maximum absolute atomic E-state index is 5.60. The highest BCUT2D eigenvalue weighted by Gasteiger charge is 2.21. The minimum atomic E-state index is 0.936. The number of oxazole rings is 1. The number of fused-ring (bicyclic) bond motifs is 2. The summed E-state index contributed by atoms with van der Waals surface area (Å²) < 4.78 is 10.1. The van der Waals surface area contributed by atoms with Crippen molar-refractivity contribution in [1.29, 1.82) is 0 Å². The monoisotopic (exact) mass is 292 g/mol. The Morgan fingerprint density at radius 2 is 2.05 bits per heavy atom. The van der Waals surface area contributed by atoms with Crippen LogP contribution in [0.15, 0.2) is 53.3 Å². The van der Waals surface area contributed by atoms with Crippen LogP contribution in [0.1, 0.15) is 18.1 Å². The molecular formula is C19H20N2O+2. The van der Waals surface area contributed by atoms with E-state index in [1.165, 1.54) is 16.8 Å². The van der Waals surface area contributed by atoms with Gasteiger partial charge in [0.1, 0.15) is 12.8 Å². The Balaban J connectivity index is 1.56. The highest BCUT2D eigenvalue weighted by Crippen LogP contribution is 2.25. The largest absolute Gasteiger partial charge is 0.404 e. The molecule has 3 heteroatoms. The summed E-state index contributed by atoms with van der Waals surface area (Å²) in [6.45, 7) is 4.18. The lowest BCUT2D eigenvalue weighted by Crippen LogP contribution is -2.32. The van der Waals surface area contributed by atoms with Gasteiger partial charge in [-0.3, -0.25) is 0 Å². The average molecular weight is 292 g/mol. The summed E-state index contributed by atoms with van der Waals surface area (Å²) >= 11 is 0.